The second-order valence-corrected chi connectivity index (χ2v) is 10.4. The molecule has 2 heterocycles. The highest BCUT2D eigenvalue weighted by Gasteiger charge is 2.35. The fourth-order valence-electron chi connectivity index (χ4n) is 4.08. The third-order valence-electron chi connectivity index (χ3n) is 5.99. The summed E-state index contributed by atoms with van der Waals surface area (Å²) >= 11 is 14.2. The Morgan fingerprint density at radius 2 is 1.92 bits per heavy atom. The number of aromatic nitrogens is 3. The fraction of sp³-hybridized carbons (Fsp3) is 0.370. The summed E-state index contributed by atoms with van der Waals surface area (Å²) in [6, 6.07) is 10.3. The van der Waals surface area contributed by atoms with Crippen molar-refractivity contribution in [3.05, 3.63) is 68.8 Å². The predicted molar refractivity (Wildman–Crippen MR) is 151 cm³/mol. The van der Waals surface area contributed by atoms with Gasteiger partial charge in [0.15, 0.2) is 11.5 Å². The van der Waals surface area contributed by atoms with Gasteiger partial charge in [-0.2, -0.15) is 4.98 Å². The molecule has 0 saturated heterocycles. The third-order valence-corrected chi connectivity index (χ3v) is 7.63. The summed E-state index contributed by atoms with van der Waals surface area (Å²) in [5.74, 6) is 2.05. The van der Waals surface area contributed by atoms with Crippen molar-refractivity contribution in [3.63, 3.8) is 0 Å². The largest absolute Gasteiger partial charge is 0.493 e. The summed E-state index contributed by atoms with van der Waals surface area (Å²) in [5, 5.41) is 9.66. The van der Waals surface area contributed by atoms with Crippen LogP contribution in [0.1, 0.15) is 50.8 Å². The molecule has 1 unspecified atom stereocenters. The van der Waals surface area contributed by atoms with Gasteiger partial charge in [-0.15, -0.1) is 5.10 Å². The van der Waals surface area contributed by atoms with Gasteiger partial charge in [0.2, 0.25) is 11.1 Å². The van der Waals surface area contributed by atoms with Gasteiger partial charge in [-0.05, 0) is 50.1 Å². The first-order valence-electron chi connectivity index (χ1n) is 12.4. The molecule has 8 nitrogen and oxygen atoms in total. The number of ether oxygens (including phenoxy) is 3. The van der Waals surface area contributed by atoms with E-state index < -0.39 is 12.0 Å². The quantitative estimate of drug-likeness (QED) is 0.149. The second-order valence-electron chi connectivity index (χ2n) is 8.55. The Balaban J connectivity index is 1.70. The van der Waals surface area contributed by atoms with Crippen molar-refractivity contribution in [2.75, 3.05) is 24.8 Å². The number of esters is 1. The molecule has 1 aliphatic rings. The van der Waals surface area contributed by atoms with Crippen molar-refractivity contribution in [1.82, 2.24) is 14.8 Å². The van der Waals surface area contributed by atoms with E-state index in [0.717, 1.165) is 24.2 Å². The van der Waals surface area contributed by atoms with Gasteiger partial charge in [-0.25, -0.2) is 9.48 Å². The lowest BCUT2D eigenvalue weighted by atomic mass is 9.95. The van der Waals surface area contributed by atoms with E-state index in [0.29, 0.717) is 49.5 Å². The number of unbranched alkanes of at least 4 members (excludes halogenated alkanes) is 1. The minimum Gasteiger partial charge on any atom is -0.493 e. The summed E-state index contributed by atoms with van der Waals surface area (Å²) in [5.41, 5.74) is 2.56. The van der Waals surface area contributed by atoms with Gasteiger partial charge in [0, 0.05) is 27.1 Å². The van der Waals surface area contributed by atoms with Crippen LogP contribution in [0.25, 0.3) is 0 Å². The lowest BCUT2D eigenvalue weighted by molar-refractivity contribution is -0.139. The van der Waals surface area contributed by atoms with Crippen molar-refractivity contribution >= 4 is 46.9 Å². The lowest BCUT2D eigenvalue weighted by Crippen LogP contribution is -2.29. The number of allylic oxidation sites excluding steroid dienone is 1. The van der Waals surface area contributed by atoms with Crippen LogP contribution in [0.4, 0.5) is 5.95 Å². The van der Waals surface area contributed by atoms with Gasteiger partial charge in [-0.1, -0.05) is 60.4 Å². The number of carbonyl (C=O) groups is 1. The van der Waals surface area contributed by atoms with Crippen LogP contribution < -0.4 is 14.8 Å². The molecule has 0 spiro atoms. The van der Waals surface area contributed by atoms with Crippen LogP contribution in [-0.2, 0) is 16.1 Å². The lowest BCUT2D eigenvalue weighted by Gasteiger charge is -2.28. The number of rotatable bonds is 11. The van der Waals surface area contributed by atoms with E-state index in [-0.39, 0.29) is 13.2 Å². The molecule has 0 saturated carbocycles. The number of hydrogen-bond acceptors (Lipinski definition) is 8. The SMILES string of the molecule is CCCCSc1nc2n(n1)C(c1ccc(OCc3c(Cl)cccc3Cl)c(OC)c1)C(C(=O)OCC)=C(C)N2. The van der Waals surface area contributed by atoms with E-state index in [9.17, 15) is 4.79 Å². The molecule has 1 aromatic heterocycles. The van der Waals surface area contributed by atoms with Crippen LogP contribution in [0.5, 0.6) is 11.5 Å². The van der Waals surface area contributed by atoms with E-state index in [1.54, 1.807) is 54.7 Å². The van der Waals surface area contributed by atoms with Gasteiger partial charge in [0.05, 0.1) is 19.3 Å². The summed E-state index contributed by atoms with van der Waals surface area (Å²) < 4.78 is 18.8. The van der Waals surface area contributed by atoms with Crippen LogP contribution in [-0.4, -0.2) is 40.2 Å². The van der Waals surface area contributed by atoms with E-state index in [1.165, 1.54) is 0 Å². The van der Waals surface area contributed by atoms with Crippen LogP contribution >= 0.6 is 35.0 Å². The number of nitrogens with zero attached hydrogens (tertiary/aromatic N) is 3. The fourth-order valence-corrected chi connectivity index (χ4v) is 5.49. The van der Waals surface area contributed by atoms with Gasteiger partial charge in [0.25, 0.3) is 0 Å². The summed E-state index contributed by atoms with van der Waals surface area (Å²) in [7, 11) is 1.56. The average molecular weight is 578 g/mol. The number of benzene rings is 2. The minimum atomic E-state index is -0.570. The summed E-state index contributed by atoms with van der Waals surface area (Å²) in [6.45, 7) is 6.18. The van der Waals surface area contributed by atoms with Crippen LogP contribution in [0.2, 0.25) is 10.0 Å². The maximum absolute atomic E-state index is 13.1. The molecular formula is C27H30Cl2N4O4S. The maximum atomic E-state index is 13.1. The number of nitrogens with one attached hydrogen (secondary N) is 1. The van der Waals surface area contributed by atoms with Gasteiger partial charge in [-0.3, -0.25) is 0 Å². The van der Waals surface area contributed by atoms with Crippen molar-refractivity contribution in [2.24, 2.45) is 0 Å². The number of fused-ring (bicyclic) bond motifs is 1. The number of hydrogen-bond donors (Lipinski definition) is 1. The van der Waals surface area contributed by atoms with E-state index in [4.69, 9.17) is 42.5 Å². The zero-order valence-electron chi connectivity index (χ0n) is 21.7. The molecule has 0 bridgehead atoms. The topological polar surface area (TPSA) is 87.5 Å². The molecule has 3 aromatic rings. The highest BCUT2D eigenvalue weighted by Crippen LogP contribution is 2.40. The highest BCUT2D eigenvalue weighted by atomic mass is 35.5. The summed E-state index contributed by atoms with van der Waals surface area (Å²) in [6.07, 6.45) is 2.15. The first-order chi connectivity index (χ1) is 18.4. The molecule has 1 aliphatic heterocycles. The zero-order valence-corrected chi connectivity index (χ0v) is 24.0. The predicted octanol–water partition coefficient (Wildman–Crippen LogP) is 6.92. The number of halogens is 2. The molecule has 38 heavy (non-hydrogen) atoms. The van der Waals surface area contributed by atoms with Crippen molar-refractivity contribution < 1.29 is 19.0 Å². The molecule has 2 aromatic carbocycles. The third kappa shape index (κ3) is 6.06. The molecule has 1 N–H and O–H groups in total. The molecule has 0 fully saturated rings. The normalized spacial score (nSPS) is 14.6. The second kappa shape index (κ2) is 12.8. The Morgan fingerprint density at radius 1 is 1.16 bits per heavy atom. The Bertz CT molecular complexity index is 1320. The van der Waals surface area contributed by atoms with Crippen LogP contribution in [0, 0.1) is 0 Å². The Labute approximate surface area is 236 Å². The highest BCUT2D eigenvalue weighted by molar-refractivity contribution is 7.99. The molecular weight excluding hydrogens is 547 g/mol. The Morgan fingerprint density at radius 3 is 2.61 bits per heavy atom. The molecule has 0 aliphatic carbocycles. The van der Waals surface area contributed by atoms with E-state index in [1.807, 2.05) is 19.1 Å². The van der Waals surface area contributed by atoms with Gasteiger partial charge in [0.1, 0.15) is 12.6 Å². The molecule has 1 atom stereocenters. The van der Waals surface area contributed by atoms with Gasteiger partial charge >= 0.3 is 5.97 Å². The average Bonchev–Trinajstić information content (AvgIpc) is 3.30. The summed E-state index contributed by atoms with van der Waals surface area (Å²) in [4.78, 5) is 17.8. The molecule has 11 heteroatoms. The number of thioether (sulfide) groups is 1. The molecule has 0 amide bonds. The van der Waals surface area contributed by atoms with Crippen molar-refractivity contribution in [3.8, 4) is 11.5 Å². The van der Waals surface area contributed by atoms with Crippen molar-refractivity contribution in [2.45, 2.75) is 51.4 Å². The monoisotopic (exact) mass is 576 g/mol. The van der Waals surface area contributed by atoms with Crippen LogP contribution in [0.15, 0.2) is 52.8 Å². The molecule has 0 radical (unpaired) electrons. The smallest absolute Gasteiger partial charge is 0.338 e. The number of carbonyl (C=O) groups excluding carboxylic acids is 1. The first kappa shape index (κ1) is 28.1. The maximum Gasteiger partial charge on any atom is 0.338 e. The van der Waals surface area contributed by atoms with Crippen LogP contribution in [0.3, 0.4) is 0 Å². The molecule has 4 rings (SSSR count). The number of methoxy groups -OCH3 is 1. The number of anilines is 1. The standard InChI is InChI=1S/C27H30Cl2N4O4S/c1-5-7-13-38-27-31-26-30-16(3)23(25(34)36-6-2)24(33(26)32-27)17-11-12-21(22(14-17)35-4)37-15-18-19(28)9-8-10-20(18)29/h8-12,14,24H,5-7,13,15H2,1-4H3,(H,30,31,32). The zero-order chi connectivity index (χ0) is 27.2. The Hall–Kier alpha value is -2.88. The Kier molecular flexibility index (Phi) is 9.46. The van der Waals surface area contributed by atoms with E-state index >= 15 is 0 Å². The first-order valence-corrected chi connectivity index (χ1v) is 14.1. The van der Waals surface area contributed by atoms with Crippen molar-refractivity contribution in [1.29, 1.82) is 0 Å². The minimum absolute atomic E-state index is 0.167. The van der Waals surface area contributed by atoms with Gasteiger partial charge < -0.3 is 19.5 Å². The van der Waals surface area contributed by atoms with E-state index in [2.05, 4.69) is 17.2 Å². The molecule has 202 valence electrons.